The van der Waals surface area contributed by atoms with Crippen molar-refractivity contribution in [2.24, 2.45) is 4.99 Å². The Morgan fingerprint density at radius 3 is 3.08 bits per heavy atom. The second-order valence-corrected chi connectivity index (χ2v) is 5.40. The van der Waals surface area contributed by atoms with Crippen molar-refractivity contribution in [3.63, 3.8) is 0 Å². The molecule has 24 heavy (non-hydrogen) atoms. The predicted molar refractivity (Wildman–Crippen MR) is 104 cm³/mol. The third-order valence-corrected chi connectivity index (χ3v) is 3.37. The van der Waals surface area contributed by atoms with Crippen molar-refractivity contribution >= 4 is 29.9 Å². The van der Waals surface area contributed by atoms with Crippen molar-refractivity contribution in [3.05, 3.63) is 24.5 Å². The zero-order valence-corrected chi connectivity index (χ0v) is 16.6. The Morgan fingerprint density at radius 2 is 2.42 bits per heavy atom. The first-order valence-corrected chi connectivity index (χ1v) is 7.97. The maximum atomic E-state index is 5.79. The largest absolute Gasteiger partial charge is 0.490 e. The highest BCUT2D eigenvalue weighted by molar-refractivity contribution is 14.0. The lowest BCUT2D eigenvalue weighted by atomic mass is 10.3. The number of hydrogen-bond acceptors (Lipinski definition) is 5. The lowest BCUT2D eigenvalue weighted by molar-refractivity contribution is 0.0347. The fourth-order valence-electron chi connectivity index (χ4n) is 2.17. The number of pyridine rings is 1. The van der Waals surface area contributed by atoms with E-state index in [2.05, 4.69) is 27.5 Å². The molecule has 2 atom stereocenters. The van der Waals surface area contributed by atoms with Gasteiger partial charge in [0.15, 0.2) is 5.96 Å². The molecule has 2 N–H and O–H groups in total. The van der Waals surface area contributed by atoms with Crippen LogP contribution in [0.15, 0.2) is 29.5 Å². The minimum Gasteiger partial charge on any atom is -0.490 e. The highest BCUT2D eigenvalue weighted by Gasteiger charge is 2.17. The van der Waals surface area contributed by atoms with Crippen molar-refractivity contribution in [1.82, 2.24) is 15.6 Å². The van der Waals surface area contributed by atoms with Crippen molar-refractivity contribution in [2.45, 2.75) is 25.5 Å². The Labute approximate surface area is 160 Å². The van der Waals surface area contributed by atoms with Gasteiger partial charge in [-0.25, -0.2) is 0 Å². The molecule has 0 aliphatic carbocycles. The molecule has 1 aromatic heterocycles. The number of nitrogens with one attached hydrogen (secondary N) is 2. The molecule has 7 nitrogen and oxygen atoms in total. The van der Waals surface area contributed by atoms with Crippen LogP contribution in [0.3, 0.4) is 0 Å². The average molecular weight is 450 g/mol. The quantitative estimate of drug-likeness (QED) is 0.270. The van der Waals surface area contributed by atoms with Crippen molar-refractivity contribution < 1.29 is 14.2 Å². The van der Waals surface area contributed by atoms with Gasteiger partial charge >= 0.3 is 0 Å². The number of nitrogens with zero attached hydrogens (tertiary/aromatic N) is 2. The van der Waals surface area contributed by atoms with Gasteiger partial charge < -0.3 is 24.8 Å². The van der Waals surface area contributed by atoms with Crippen molar-refractivity contribution in [2.75, 3.05) is 40.0 Å². The van der Waals surface area contributed by atoms with E-state index in [1.807, 2.05) is 12.1 Å². The van der Waals surface area contributed by atoms with Gasteiger partial charge in [-0.2, -0.15) is 0 Å². The summed E-state index contributed by atoms with van der Waals surface area (Å²) in [5, 5.41) is 6.51. The van der Waals surface area contributed by atoms with E-state index >= 15 is 0 Å². The lowest BCUT2D eigenvalue weighted by Crippen LogP contribution is -2.45. The van der Waals surface area contributed by atoms with E-state index in [1.54, 1.807) is 19.4 Å². The number of halogens is 1. The van der Waals surface area contributed by atoms with Crippen LogP contribution in [0.4, 0.5) is 0 Å². The maximum absolute atomic E-state index is 5.79. The van der Waals surface area contributed by atoms with Crippen LogP contribution in [0.2, 0.25) is 0 Å². The number of ether oxygens (including phenoxy) is 3. The first kappa shape index (κ1) is 20.9. The van der Waals surface area contributed by atoms with Gasteiger partial charge in [0, 0.05) is 25.9 Å². The van der Waals surface area contributed by atoms with Gasteiger partial charge in [0.2, 0.25) is 0 Å². The molecule has 0 aromatic carbocycles. The molecule has 1 fully saturated rings. The standard InChI is InChI=1S/C16H26N4O3.HI/c1-13(11-23-15-5-8-21-12-15)20-16(17-2)19-7-9-22-14-4-3-6-18-10-14;/h3-4,6,10,13,15H,5,7-9,11-12H2,1-2H3,(H2,17,19,20);1H. The summed E-state index contributed by atoms with van der Waals surface area (Å²) in [5.41, 5.74) is 0. The van der Waals surface area contributed by atoms with Crippen molar-refractivity contribution in [3.8, 4) is 5.75 Å². The predicted octanol–water partition coefficient (Wildman–Crippen LogP) is 1.44. The van der Waals surface area contributed by atoms with E-state index < -0.39 is 0 Å². The fraction of sp³-hybridized carbons (Fsp3) is 0.625. The van der Waals surface area contributed by atoms with E-state index in [9.17, 15) is 0 Å². The van der Waals surface area contributed by atoms with Crippen molar-refractivity contribution in [1.29, 1.82) is 0 Å². The van der Waals surface area contributed by atoms with E-state index in [0.29, 0.717) is 26.4 Å². The molecule has 2 rings (SSSR count). The van der Waals surface area contributed by atoms with E-state index in [1.165, 1.54) is 0 Å². The summed E-state index contributed by atoms with van der Waals surface area (Å²) in [6, 6.07) is 3.90. The van der Waals surface area contributed by atoms with Crippen LogP contribution in [0, 0.1) is 0 Å². The van der Waals surface area contributed by atoms with E-state index in [0.717, 1.165) is 24.7 Å². The minimum absolute atomic E-state index is 0. The van der Waals surface area contributed by atoms with Crippen LogP contribution in [-0.2, 0) is 9.47 Å². The lowest BCUT2D eigenvalue weighted by Gasteiger charge is -2.19. The summed E-state index contributed by atoms with van der Waals surface area (Å²) in [6.07, 6.45) is 4.62. The minimum atomic E-state index is 0. The van der Waals surface area contributed by atoms with Gasteiger partial charge in [0.1, 0.15) is 12.4 Å². The summed E-state index contributed by atoms with van der Waals surface area (Å²) < 4.78 is 16.7. The Morgan fingerprint density at radius 1 is 1.54 bits per heavy atom. The molecular formula is C16H27IN4O3. The summed E-state index contributed by atoms with van der Waals surface area (Å²) in [6.45, 7) is 5.38. The second-order valence-electron chi connectivity index (χ2n) is 5.40. The zero-order valence-electron chi connectivity index (χ0n) is 14.2. The van der Waals surface area contributed by atoms with Crippen LogP contribution in [0.5, 0.6) is 5.75 Å². The molecule has 1 aliphatic heterocycles. The number of aromatic nitrogens is 1. The topological polar surface area (TPSA) is 77.0 Å². The van der Waals surface area contributed by atoms with Gasteiger partial charge in [-0.3, -0.25) is 9.98 Å². The summed E-state index contributed by atoms with van der Waals surface area (Å²) in [4.78, 5) is 8.20. The Bertz CT molecular complexity index is 470. The van der Waals surface area contributed by atoms with Gasteiger partial charge in [0.05, 0.1) is 32.1 Å². The first-order chi connectivity index (χ1) is 11.3. The van der Waals surface area contributed by atoms with Crippen LogP contribution in [-0.4, -0.2) is 63.1 Å². The highest BCUT2D eigenvalue weighted by atomic mass is 127. The van der Waals surface area contributed by atoms with E-state index in [-0.39, 0.29) is 36.1 Å². The Kier molecular flexibility index (Phi) is 10.7. The van der Waals surface area contributed by atoms with Gasteiger partial charge in [0.25, 0.3) is 0 Å². The fourth-order valence-corrected chi connectivity index (χ4v) is 2.17. The molecule has 136 valence electrons. The summed E-state index contributed by atoms with van der Waals surface area (Å²) in [5.74, 6) is 1.50. The van der Waals surface area contributed by atoms with Crippen LogP contribution < -0.4 is 15.4 Å². The van der Waals surface area contributed by atoms with Crippen LogP contribution in [0.1, 0.15) is 13.3 Å². The van der Waals surface area contributed by atoms with E-state index in [4.69, 9.17) is 14.2 Å². The zero-order chi connectivity index (χ0) is 16.3. The molecule has 2 unspecified atom stereocenters. The number of aliphatic imine (C=N–C) groups is 1. The molecule has 8 heteroatoms. The van der Waals surface area contributed by atoms with Crippen LogP contribution in [0.25, 0.3) is 0 Å². The molecule has 0 spiro atoms. The molecule has 1 aromatic rings. The number of hydrogen-bond donors (Lipinski definition) is 2. The molecule has 0 bridgehead atoms. The monoisotopic (exact) mass is 450 g/mol. The van der Waals surface area contributed by atoms with Gasteiger partial charge in [-0.15, -0.1) is 24.0 Å². The maximum Gasteiger partial charge on any atom is 0.191 e. The second kappa shape index (κ2) is 12.3. The van der Waals surface area contributed by atoms with Gasteiger partial charge in [-0.1, -0.05) is 0 Å². The third kappa shape index (κ3) is 8.11. The molecule has 2 heterocycles. The number of rotatable bonds is 8. The third-order valence-electron chi connectivity index (χ3n) is 3.37. The molecule has 1 aliphatic rings. The molecule has 0 radical (unpaired) electrons. The highest BCUT2D eigenvalue weighted by Crippen LogP contribution is 2.08. The molecule has 0 amide bonds. The molecule has 1 saturated heterocycles. The SMILES string of the molecule is CN=C(NCCOc1cccnc1)NC(C)COC1CCOC1.I. The Balaban J connectivity index is 0.00000288. The van der Waals surface area contributed by atoms with Crippen LogP contribution >= 0.6 is 24.0 Å². The Hall–Kier alpha value is -1.13. The molecular weight excluding hydrogens is 423 g/mol. The number of guanidine groups is 1. The normalized spacial score (nSPS) is 18.6. The summed E-state index contributed by atoms with van der Waals surface area (Å²) in [7, 11) is 1.75. The first-order valence-electron chi connectivity index (χ1n) is 7.97. The summed E-state index contributed by atoms with van der Waals surface area (Å²) >= 11 is 0. The molecule has 0 saturated carbocycles. The van der Waals surface area contributed by atoms with Gasteiger partial charge in [-0.05, 0) is 25.5 Å². The average Bonchev–Trinajstić information content (AvgIpc) is 3.10. The smallest absolute Gasteiger partial charge is 0.191 e.